The van der Waals surface area contributed by atoms with Gasteiger partial charge < -0.3 is 5.32 Å². The number of hydrogen-bond donors (Lipinski definition) is 1. The van der Waals surface area contributed by atoms with Crippen molar-refractivity contribution < 1.29 is 8.42 Å². The zero-order chi connectivity index (χ0) is 14.2. The van der Waals surface area contributed by atoms with Gasteiger partial charge in [0.15, 0.2) is 9.84 Å². The maximum absolute atomic E-state index is 11.6. The molecule has 0 bridgehead atoms. The van der Waals surface area contributed by atoms with Crippen LogP contribution in [0.1, 0.15) is 19.0 Å². The van der Waals surface area contributed by atoms with E-state index in [0.717, 1.165) is 16.3 Å². The second kappa shape index (κ2) is 5.22. The fourth-order valence-electron chi connectivity index (χ4n) is 2.36. The van der Waals surface area contributed by atoms with Crippen molar-refractivity contribution in [1.82, 2.24) is 10.3 Å². The van der Waals surface area contributed by atoms with Crippen LogP contribution in [-0.2, 0) is 16.4 Å². The number of nitrogens with zero attached hydrogens (tertiary/aromatic N) is 1. The van der Waals surface area contributed by atoms with Crippen LogP contribution < -0.4 is 5.32 Å². The van der Waals surface area contributed by atoms with Crippen molar-refractivity contribution in [2.24, 2.45) is 0 Å². The second-order valence-corrected chi connectivity index (χ2v) is 9.23. The second-order valence-electron chi connectivity index (χ2n) is 5.41. The van der Waals surface area contributed by atoms with Crippen molar-refractivity contribution in [1.29, 1.82) is 0 Å². The van der Waals surface area contributed by atoms with Crippen molar-refractivity contribution in [3.63, 3.8) is 0 Å². The fraction of sp³-hybridized carbons (Fsp3) is 0.462. The molecule has 0 aliphatic carbocycles. The molecule has 1 saturated heterocycles. The van der Waals surface area contributed by atoms with E-state index in [0.29, 0.717) is 13.0 Å². The van der Waals surface area contributed by atoms with Crippen LogP contribution >= 0.6 is 22.7 Å². The summed E-state index contributed by atoms with van der Waals surface area (Å²) in [4.78, 5) is 4.59. The molecule has 1 fully saturated rings. The molecule has 1 aliphatic heterocycles. The van der Waals surface area contributed by atoms with Crippen LogP contribution in [0.3, 0.4) is 0 Å². The van der Waals surface area contributed by atoms with Gasteiger partial charge in [-0.05, 0) is 24.8 Å². The van der Waals surface area contributed by atoms with Gasteiger partial charge in [-0.25, -0.2) is 13.4 Å². The third-order valence-corrected chi connectivity index (χ3v) is 7.05. The van der Waals surface area contributed by atoms with E-state index in [-0.39, 0.29) is 17.0 Å². The van der Waals surface area contributed by atoms with Gasteiger partial charge in [0.25, 0.3) is 0 Å². The SMILES string of the molecule is CC1(NCc2csc(-c3ccsc3)n2)CCS(=O)(=O)C1. The molecule has 1 unspecified atom stereocenters. The lowest BCUT2D eigenvalue weighted by molar-refractivity contribution is 0.393. The van der Waals surface area contributed by atoms with E-state index in [9.17, 15) is 8.42 Å². The number of hydrogen-bond acceptors (Lipinski definition) is 6. The summed E-state index contributed by atoms with van der Waals surface area (Å²) in [6.07, 6.45) is 0.677. The number of thiazole rings is 1. The largest absolute Gasteiger partial charge is 0.305 e. The molecular formula is C13H16N2O2S3. The minimum absolute atomic E-state index is 0.224. The van der Waals surface area contributed by atoms with Crippen molar-refractivity contribution >= 4 is 32.5 Å². The third-order valence-electron chi connectivity index (χ3n) is 3.52. The van der Waals surface area contributed by atoms with Gasteiger partial charge >= 0.3 is 0 Å². The van der Waals surface area contributed by atoms with Gasteiger partial charge in [-0.3, -0.25) is 0 Å². The van der Waals surface area contributed by atoms with Crippen molar-refractivity contribution in [2.45, 2.75) is 25.4 Å². The van der Waals surface area contributed by atoms with Gasteiger partial charge in [0, 0.05) is 28.4 Å². The Hall–Kier alpha value is -0.760. The minimum Gasteiger partial charge on any atom is -0.305 e. The number of sulfone groups is 1. The summed E-state index contributed by atoms with van der Waals surface area (Å²) >= 11 is 3.29. The first-order chi connectivity index (χ1) is 9.46. The maximum atomic E-state index is 11.6. The highest BCUT2D eigenvalue weighted by Crippen LogP contribution is 2.27. The molecule has 0 radical (unpaired) electrons. The lowest BCUT2D eigenvalue weighted by Crippen LogP contribution is -2.42. The van der Waals surface area contributed by atoms with E-state index in [1.807, 2.05) is 17.7 Å². The molecule has 3 heterocycles. The van der Waals surface area contributed by atoms with Crippen LogP contribution in [0.15, 0.2) is 22.2 Å². The van der Waals surface area contributed by atoms with Crippen LogP contribution in [0.5, 0.6) is 0 Å². The first kappa shape index (κ1) is 14.2. The molecule has 7 heteroatoms. The first-order valence-electron chi connectivity index (χ1n) is 6.38. The maximum Gasteiger partial charge on any atom is 0.152 e. The van der Waals surface area contributed by atoms with Crippen molar-refractivity contribution in [3.8, 4) is 10.6 Å². The zero-order valence-electron chi connectivity index (χ0n) is 11.1. The Labute approximate surface area is 126 Å². The Morgan fingerprint density at radius 1 is 1.45 bits per heavy atom. The van der Waals surface area contributed by atoms with Crippen LogP contribution in [0.4, 0.5) is 0 Å². The number of rotatable bonds is 4. The third kappa shape index (κ3) is 3.11. The van der Waals surface area contributed by atoms with Gasteiger partial charge in [0.1, 0.15) is 5.01 Å². The molecule has 2 aromatic rings. The lowest BCUT2D eigenvalue weighted by Gasteiger charge is -2.23. The molecule has 4 nitrogen and oxygen atoms in total. The highest BCUT2D eigenvalue weighted by molar-refractivity contribution is 7.91. The smallest absolute Gasteiger partial charge is 0.152 e. The van der Waals surface area contributed by atoms with E-state index in [1.54, 1.807) is 22.7 Å². The predicted molar refractivity (Wildman–Crippen MR) is 83.9 cm³/mol. The average molecular weight is 328 g/mol. The summed E-state index contributed by atoms with van der Waals surface area (Å²) in [5.41, 5.74) is 1.81. The van der Waals surface area contributed by atoms with Crippen molar-refractivity contribution in [2.75, 3.05) is 11.5 Å². The fourth-order valence-corrected chi connectivity index (χ4v) is 6.02. The van der Waals surface area contributed by atoms with Crippen LogP contribution in [0, 0.1) is 0 Å². The van der Waals surface area contributed by atoms with E-state index in [4.69, 9.17) is 0 Å². The van der Waals surface area contributed by atoms with Gasteiger partial charge in [-0.1, -0.05) is 0 Å². The van der Waals surface area contributed by atoms with E-state index >= 15 is 0 Å². The Kier molecular flexibility index (Phi) is 3.70. The summed E-state index contributed by atoms with van der Waals surface area (Å²) in [5.74, 6) is 0.509. The number of nitrogens with one attached hydrogen (secondary N) is 1. The Balaban J connectivity index is 1.65. The topological polar surface area (TPSA) is 59.1 Å². The Bertz CT molecular complexity index is 691. The Morgan fingerprint density at radius 3 is 2.95 bits per heavy atom. The molecular weight excluding hydrogens is 312 g/mol. The quantitative estimate of drug-likeness (QED) is 0.937. The highest BCUT2D eigenvalue weighted by atomic mass is 32.2. The summed E-state index contributed by atoms with van der Waals surface area (Å²) in [7, 11) is -2.87. The standard InChI is InChI=1S/C13H16N2O2S3/c1-13(3-5-20(16,17)9-13)14-6-11-8-19-12(15-11)10-2-4-18-7-10/h2,4,7-8,14H,3,5-6,9H2,1H3. The molecule has 0 saturated carbocycles. The summed E-state index contributed by atoms with van der Waals surface area (Å²) in [6, 6.07) is 2.06. The van der Waals surface area contributed by atoms with Crippen LogP contribution in [0.2, 0.25) is 0 Å². The predicted octanol–water partition coefficient (Wildman–Crippen LogP) is 2.54. The zero-order valence-corrected chi connectivity index (χ0v) is 13.6. The van der Waals surface area contributed by atoms with Crippen molar-refractivity contribution in [3.05, 3.63) is 27.9 Å². The summed E-state index contributed by atoms with van der Waals surface area (Å²) < 4.78 is 23.1. The van der Waals surface area contributed by atoms with Gasteiger partial charge in [0.05, 0.1) is 17.2 Å². The Morgan fingerprint density at radius 2 is 2.30 bits per heavy atom. The summed E-state index contributed by atoms with van der Waals surface area (Å²) in [6.45, 7) is 2.59. The number of thiophene rings is 1. The summed E-state index contributed by atoms with van der Waals surface area (Å²) in [5, 5.41) is 10.5. The molecule has 1 N–H and O–H groups in total. The molecule has 1 aliphatic rings. The normalized spacial score (nSPS) is 25.1. The van der Waals surface area contributed by atoms with E-state index in [1.165, 1.54) is 0 Å². The van der Waals surface area contributed by atoms with E-state index < -0.39 is 9.84 Å². The van der Waals surface area contributed by atoms with Gasteiger partial charge in [-0.15, -0.1) is 11.3 Å². The molecule has 0 spiro atoms. The van der Waals surface area contributed by atoms with E-state index in [2.05, 4.69) is 21.7 Å². The van der Waals surface area contributed by atoms with Crippen LogP contribution in [0.25, 0.3) is 10.6 Å². The first-order valence-corrected chi connectivity index (χ1v) is 10.0. The molecule has 0 aromatic carbocycles. The molecule has 108 valence electrons. The monoisotopic (exact) mass is 328 g/mol. The average Bonchev–Trinajstić information content (AvgIpc) is 3.07. The number of aromatic nitrogens is 1. The highest BCUT2D eigenvalue weighted by Gasteiger charge is 2.37. The molecule has 0 amide bonds. The lowest BCUT2D eigenvalue weighted by atomic mass is 10.0. The molecule has 1 atom stereocenters. The molecule has 20 heavy (non-hydrogen) atoms. The van der Waals surface area contributed by atoms with Gasteiger partial charge in [-0.2, -0.15) is 11.3 Å². The molecule has 2 aromatic heterocycles. The minimum atomic E-state index is -2.87. The molecule has 3 rings (SSSR count). The van der Waals surface area contributed by atoms with Crippen LogP contribution in [-0.4, -0.2) is 30.4 Å². The van der Waals surface area contributed by atoms with Gasteiger partial charge in [0.2, 0.25) is 0 Å².